The van der Waals surface area contributed by atoms with Crippen LogP contribution >= 0.6 is 0 Å². The number of hydrogen-bond donors (Lipinski definition) is 1. The van der Waals surface area contributed by atoms with E-state index in [0.717, 1.165) is 6.07 Å². The molecule has 8 heteroatoms. The van der Waals surface area contributed by atoms with Crippen LogP contribution in [0.15, 0.2) is 6.07 Å². The minimum Gasteiger partial charge on any atom is -0.395 e. The van der Waals surface area contributed by atoms with Gasteiger partial charge in [0, 0.05) is 0 Å². The first-order valence-corrected chi connectivity index (χ1v) is 3.65. The summed E-state index contributed by atoms with van der Waals surface area (Å²) in [4.78, 5) is 22.8. The van der Waals surface area contributed by atoms with Gasteiger partial charge < -0.3 is 15.8 Å². The quantitative estimate of drug-likeness (QED) is 0.467. The minimum atomic E-state index is -3.02. The number of aldehydes is 1. The van der Waals surface area contributed by atoms with Crippen molar-refractivity contribution >= 4 is 17.8 Å². The molecule has 0 unspecified atom stereocenters. The maximum absolute atomic E-state index is 12.3. The summed E-state index contributed by atoms with van der Waals surface area (Å²) < 4.78 is 24.5. The molecular weight excluding hydrogens is 212 g/mol. The molecular formula is C7H5F2N3O3. The number of nitrogens with zero attached hydrogens (tertiary/aromatic N) is 2. The number of carbonyl (C=O) groups is 1. The fourth-order valence-corrected chi connectivity index (χ4v) is 0.957. The maximum atomic E-state index is 12.3. The van der Waals surface area contributed by atoms with E-state index in [1.807, 2.05) is 0 Å². The first-order chi connectivity index (χ1) is 6.97. The Balaban J connectivity index is 3.43. The van der Waals surface area contributed by atoms with Gasteiger partial charge in [-0.05, 0) is 16.0 Å². The zero-order valence-corrected chi connectivity index (χ0v) is 7.18. The van der Waals surface area contributed by atoms with Crippen LogP contribution in [0.5, 0.6) is 0 Å². The second-order valence-corrected chi connectivity index (χ2v) is 2.55. The lowest BCUT2D eigenvalue weighted by atomic mass is 10.2. The number of aromatic nitrogens is 1. The fourth-order valence-electron chi connectivity index (χ4n) is 0.957. The van der Waals surface area contributed by atoms with Crippen LogP contribution in [0.25, 0.3) is 0 Å². The number of anilines is 1. The molecule has 0 amide bonds. The lowest BCUT2D eigenvalue weighted by Crippen LogP contribution is -2.05. The van der Waals surface area contributed by atoms with Gasteiger partial charge in [0.05, 0.1) is 5.69 Å². The van der Waals surface area contributed by atoms with Gasteiger partial charge in [0.25, 0.3) is 0 Å². The predicted molar refractivity (Wildman–Crippen MR) is 45.6 cm³/mol. The van der Waals surface area contributed by atoms with E-state index in [2.05, 4.69) is 4.98 Å². The average molecular weight is 217 g/mol. The fraction of sp³-hybridized carbons (Fsp3) is 0.143. The number of nitrogens with two attached hydrogens (primary N) is 1. The molecule has 1 heterocycles. The van der Waals surface area contributed by atoms with Crippen LogP contribution in [0, 0.1) is 10.1 Å². The first-order valence-electron chi connectivity index (χ1n) is 3.65. The van der Waals surface area contributed by atoms with Gasteiger partial charge in [0.2, 0.25) is 5.69 Å². The van der Waals surface area contributed by atoms with E-state index >= 15 is 0 Å². The Hall–Kier alpha value is -2.12. The molecule has 0 saturated carbocycles. The van der Waals surface area contributed by atoms with Crippen molar-refractivity contribution < 1.29 is 18.5 Å². The summed E-state index contributed by atoms with van der Waals surface area (Å²) in [7, 11) is 0. The van der Waals surface area contributed by atoms with Crippen LogP contribution < -0.4 is 5.73 Å². The number of hydrogen-bond acceptors (Lipinski definition) is 5. The molecule has 2 N–H and O–H groups in total. The van der Waals surface area contributed by atoms with E-state index in [-0.39, 0.29) is 6.29 Å². The Morgan fingerprint density at radius 2 is 2.20 bits per heavy atom. The van der Waals surface area contributed by atoms with Gasteiger partial charge in [0.15, 0.2) is 6.29 Å². The SMILES string of the molecule is Nc1cc(C=O)c([N+](=O)[O-])nc1C(F)F. The van der Waals surface area contributed by atoms with Crippen LogP contribution in [0.4, 0.5) is 20.3 Å². The van der Waals surface area contributed by atoms with Gasteiger partial charge in [-0.25, -0.2) is 8.78 Å². The number of nitrogen functional groups attached to an aromatic ring is 1. The topological polar surface area (TPSA) is 99.1 Å². The predicted octanol–water partition coefficient (Wildman–Crippen LogP) is 1.32. The number of rotatable bonds is 3. The summed E-state index contributed by atoms with van der Waals surface area (Å²) >= 11 is 0. The second kappa shape index (κ2) is 3.95. The molecule has 15 heavy (non-hydrogen) atoms. The van der Waals surface area contributed by atoms with Crippen molar-refractivity contribution in [3.05, 3.63) is 27.4 Å². The largest absolute Gasteiger partial charge is 0.395 e. The van der Waals surface area contributed by atoms with Crippen molar-refractivity contribution in [2.75, 3.05) is 5.73 Å². The summed E-state index contributed by atoms with van der Waals surface area (Å²) in [6, 6.07) is 0.805. The highest BCUT2D eigenvalue weighted by atomic mass is 19.3. The Kier molecular flexibility index (Phi) is 2.88. The molecule has 0 aliphatic rings. The molecule has 80 valence electrons. The number of halogens is 2. The smallest absolute Gasteiger partial charge is 0.374 e. The van der Waals surface area contributed by atoms with E-state index in [4.69, 9.17) is 5.73 Å². The number of nitro groups is 1. The lowest BCUT2D eigenvalue weighted by molar-refractivity contribution is -0.389. The highest BCUT2D eigenvalue weighted by Gasteiger charge is 2.25. The van der Waals surface area contributed by atoms with Crippen LogP contribution in [0.1, 0.15) is 22.5 Å². The van der Waals surface area contributed by atoms with Gasteiger partial charge in [0.1, 0.15) is 5.56 Å². The molecule has 0 fully saturated rings. The normalized spacial score (nSPS) is 10.3. The van der Waals surface area contributed by atoms with Crippen molar-refractivity contribution in [1.82, 2.24) is 4.98 Å². The number of carbonyl (C=O) groups excluding carboxylic acids is 1. The third-order valence-electron chi connectivity index (χ3n) is 1.60. The molecule has 1 aromatic rings. The highest BCUT2D eigenvalue weighted by Crippen LogP contribution is 2.27. The van der Waals surface area contributed by atoms with E-state index in [9.17, 15) is 23.7 Å². The molecule has 0 spiro atoms. The van der Waals surface area contributed by atoms with E-state index in [1.165, 1.54) is 0 Å². The van der Waals surface area contributed by atoms with E-state index < -0.39 is 34.1 Å². The molecule has 6 nitrogen and oxygen atoms in total. The third kappa shape index (κ3) is 2.03. The molecule has 1 rings (SSSR count). The zero-order chi connectivity index (χ0) is 11.6. The number of pyridine rings is 1. The van der Waals surface area contributed by atoms with E-state index in [1.54, 1.807) is 0 Å². The summed E-state index contributed by atoms with van der Waals surface area (Å²) in [6.07, 6.45) is -2.89. The van der Waals surface area contributed by atoms with Crippen LogP contribution in [0.3, 0.4) is 0 Å². The zero-order valence-electron chi connectivity index (χ0n) is 7.18. The van der Waals surface area contributed by atoms with Crippen molar-refractivity contribution in [2.45, 2.75) is 6.43 Å². The van der Waals surface area contributed by atoms with Crippen LogP contribution in [-0.4, -0.2) is 16.2 Å². The van der Waals surface area contributed by atoms with Gasteiger partial charge in [-0.1, -0.05) is 0 Å². The van der Waals surface area contributed by atoms with Crippen LogP contribution in [0.2, 0.25) is 0 Å². The summed E-state index contributed by atoms with van der Waals surface area (Å²) in [6.45, 7) is 0. The van der Waals surface area contributed by atoms with Gasteiger partial charge in [-0.2, -0.15) is 0 Å². The molecule has 0 bridgehead atoms. The molecule has 0 saturated heterocycles. The Labute approximate surface area is 81.9 Å². The summed E-state index contributed by atoms with van der Waals surface area (Å²) in [5, 5.41) is 10.4. The maximum Gasteiger partial charge on any atom is 0.374 e. The highest BCUT2D eigenvalue weighted by molar-refractivity contribution is 5.82. The van der Waals surface area contributed by atoms with Crippen molar-refractivity contribution in [1.29, 1.82) is 0 Å². The minimum absolute atomic E-state index is 0.136. The molecule has 1 aromatic heterocycles. The average Bonchev–Trinajstić information content (AvgIpc) is 2.16. The lowest BCUT2D eigenvalue weighted by Gasteiger charge is -2.01. The number of alkyl halides is 2. The van der Waals surface area contributed by atoms with Gasteiger partial charge >= 0.3 is 12.2 Å². The Morgan fingerprint density at radius 3 is 2.60 bits per heavy atom. The molecule has 0 aliphatic carbocycles. The van der Waals surface area contributed by atoms with E-state index in [0.29, 0.717) is 0 Å². The van der Waals surface area contributed by atoms with Crippen molar-refractivity contribution in [2.24, 2.45) is 0 Å². The Bertz CT molecular complexity index is 422. The molecule has 0 radical (unpaired) electrons. The van der Waals surface area contributed by atoms with Gasteiger partial charge in [-0.3, -0.25) is 4.79 Å². The monoisotopic (exact) mass is 217 g/mol. The van der Waals surface area contributed by atoms with Gasteiger partial charge in [-0.15, -0.1) is 0 Å². The molecule has 0 aliphatic heterocycles. The Morgan fingerprint density at radius 1 is 1.60 bits per heavy atom. The first kappa shape index (κ1) is 11.0. The summed E-state index contributed by atoms with van der Waals surface area (Å²) in [5.74, 6) is -0.922. The second-order valence-electron chi connectivity index (χ2n) is 2.55. The van der Waals surface area contributed by atoms with Crippen LogP contribution in [-0.2, 0) is 0 Å². The molecule has 0 atom stereocenters. The third-order valence-corrected chi connectivity index (χ3v) is 1.60. The van der Waals surface area contributed by atoms with Crippen molar-refractivity contribution in [3.63, 3.8) is 0 Å². The standard InChI is InChI=1S/C7H5F2N3O3/c8-6(9)5-4(10)1-3(2-13)7(11-5)12(14)15/h1-2,6H,10H2. The van der Waals surface area contributed by atoms with Crippen molar-refractivity contribution in [3.8, 4) is 0 Å². The summed E-state index contributed by atoms with van der Waals surface area (Å²) in [5.41, 5.74) is 3.37. The molecule has 0 aromatic carbocycles.